The number of nitrogens with two attached hydrogens (primary N) is 1. The summed E-state index contributed by atoms with van der Waals surface area (Å²) in [6, 6.07) is 7.10. The van der Waals surface area contributed by atoms with Gasteiger partial charge in [0.1, 0.15) is 18.1 Å². The van der Waals surface area contributed by atoms with Gasteiger partial charge in [0.25, 0.3) is 0 Å². The van der Waals surface area contributed by atoms with E-state index in [0.29, 0.717) is 25.9 Å². The average Bonchev–Trinajstić information content (AvgIpc) is 3.34. The van der Waals surface area contributed by atoms with Gasteiger partial charge in [0.05, 0.1) is 18.2 Å². The van der Waals surface area contributed by atoms with Crippen LogP contribution in [-0.2, 0) is 9.59 Å². The van der Waals surface area contributed by atoms with E-state index in [1.807, 2.05) is 11.8 Å². The third kappa shape index (κ3) is 4.99. The largest absolute Gasteiger partial charge is 0.325 e. The average molecular weight is 401 g/mol. The minimum Gasteiger partial charge on any atom is -0.325 e. The Labute approximate surface area is 170 Å². The molecule has 3 unspecified atom stereocenters. The molecule has 0 bridgehead atoms. The van der Waals surface area contributed by atoms with Crippen molar-refractivity contribution in [1.82, 2.24) is 15.1 Å². The van der Waals surface area contributed by atoms with Gasteiger partial charge in [0.15, 0.2) is 0 Å². The third-order valence-corrected chi connectivity index (χ3v) is 5.90. The van der Waals surface area contributed by atoms with Crippen LogP contribution in [-0.4, -0.2) is 65.8 Å². The van der Waals surface area contributed by atoms with Crippen molar-refractivity contribution in [3.63, 3.8) is 0 Å². The van der Waals surface area contributed by atoms with Crippen LogP contribution >= 0.6 is 0 Å². The van der Waals surface area contributed by atoms with Crippen LogP contribution in [0.25, 0.3) is 0 Å². The van der Waals surface area contributed by atoms with E-state index in [1.54, 1.807) is 17.0 Å². The number of likely N-dealkylation sites (tertiary alicyclic amines) is 2. The summed E-state index contributed by atoms with van der Waals surface area (Å²) < 4.78 is 13.1. The first-order chi connectivity index (χ1) is 13.9. The smallest absolute Gasteiger partial charge is 0.241 e. The first kappa shape index (κ1) is 21.4. The monoisotopic (exact) mass is 401 g/mol. The molecule has 2 heterocycles. The topological polar surface area (TPSA) is 102 Å². The van der Waals surface area contributed by atoms with Crippen LogP contribution in [0, 0.1) is 17.1 Å². The highest BCUT2D eigenvalue weighted by molar-refractivity contribution is 5.83. The van der Waals surface area contributed by atoms with Crippen LogP contribution in [0.15, 0.2) is 24.3 Å². The Kier molecular flexibility index (Phi) is 6.96. The zero-order chi connectivity index (χ0) is 21.0. The van der Waals surface area contributed by atoms with Crippen LogP contribution in [0.5, 0.6) is 0 Å². The number of amides is 1. The van der Waals surface area contributed by atoms with Crippen molar-refractivity contribution < 1.29 is 14.0 Å². The number of hydrogen-bond donors (Lipinski definition) is 2. The molecule has 3 rings (SSSR count). The lowest BCUT2D eigenvalue weighted by Crippen LogP contribution is -2.52. The Bertz CT molecular complexity index is 765. The van der Waals surface area contributed by atoms with Crippen molar-refractivity contribution >= 4 is 12.2 Å². The molecule has 0 aromatic heterocycles. The molecule has 2 aliphatic heterocycles. The van der Waals surface area contributed by atoms with E-state index in [1.165, 1.54) is 12.1 Å². The summed E-state index contributed by atoms with van der Waals surface area (Å²) in [6.07, 6.45) is 3.02. The van der Waals surface area contributed by atoms with Crippen molar-refractivity contribution in [3.8, 4) is 6.07 Å². The van der Waals surface area contributed by atoms with Crippen LogP contribution in [0.4, 0.5) is 4.39 Å². The highest BCUT2D eigenvalue weighted by Crippen LogP contribution is 2.22. The third-order valence-electron chi connectivity index (χ3n) is 5.90. The Balaban J connectivity index is 1.57. The van der Waals surface area contributed by atoms with Crippen molar-refractivity contribution in [2.45, 2.75) is 56.4 Å². The molecule has 1 amide bonds. The minimum absolute atomic E-state index is 0.00384. The number of nitrogens with zero attached hydrogens (tertiary/aromatic N) is 3. The maximum absolute atomic E-state index is 13.1. The van der Waals surface area contributed by atoms with Gasteiger partial charge < -0.3 is 20.7 Å². The zero-order valence-electron chi connectivity index (χ0n) is 16.6. The number of carbonyl (C=O) groups excluding carboxylic acids is 2. The van der Waals surface area contributed by atoms with Gasteiger partial charge in [-0.15, -0.1) is 0 Å². The van der Waals surface area contributed by atoms with Crippen LogP contribution in [0.1, 0.15) is 37.8 Å². The molecule has 1 aromatic carbocycles. The fourth-order valence-electron chi connectivity index (χ4n) is 4.32. The van der Waals surface area contributed by atoms with Crippen LogP contribution in [0.3, 0.4) is 0 Å². The predicted octanol–water partition coefficient (Wildman–Crippen LogP) is 0.960. The summed E-state index contributed by atoms with van der Waals surface area (Å²) in [5.74, 6) is -0.501. The van der Waals surface area contributed by atoms with Crippen LogP contribution < -0.4 is 11.1 Å². The minimum atomic E-state index is -0.764. The number of rotatable bonds is 7. The molecule has 0 radical (unpaired) electrons. The molecule has 0 aliphatic carbocycles. The Morgan fingerprint density at radius 3 is 2.83 bits per heavy atom. The van der Waals surface area contributed by atoms with Gasteiger partial charge in [-0.3, -0.25) is 9.69 Å². The van der Waals surface area contributed by atoms with E-state index in [2.05, 4.69) is 11.4 Å². The van der Waals surface area contributed by atoms with E-state index in [4.69, 9.17) is 5.73 Å². The highest BCUT2D eigenvalue weighted by Gasteiger charge is 2.37. The lowest BCUT2D eigenvalue weighted by Gasteiger charge is -2.28. The molecule has 8 heteroatoms. The number of carbonyl (C=O) groups is 2. The number of benzene rings is 1. The molecule has 7 nitrogen and oxygen atoms in total. The van der Waals surface area contributed by atoms with Gasteiger partial charge in [0, 0.05) is 31.7 Å². The summed E-state index contributed by atoms with van der Waals surface area (Å²) in [5, 5.41) is 12.7. The normalized spacial score (nSPS) is 26.8. The lowest BCUT2D eigenvalue weighted by molar-refractivity contribution is -0.133. The number of hydrogen-bond acceptors (Lipinski definition) is 6. The maximum atomic E-state index is 13.1. The standard InChI is InChI=1S/C21H28FN5O2/c1-14(15-4-6-16(22)7-5-15)25-17-9-19(13-28)26(11-17)12-20(24)21(29)27-8-2-3-18(27)10-23/h4-7,13-14,17-20,25H,2-3,8-9,11-12,24H2,1H3/t14-,17?,18+,19?,20?/m1/s1. The highest BCUT2D eigenvalue weighted by atomic mass is 19.1. The van der Waals surface area contributed by atoms with E-state index in [0.717, 1.165) is 18.3 Å². The van der Waals surface area contributed by atoms with Crippen molar-refractivity contribution in [3.05, 3.63) is 35.6 Å². The zero-order valence-corrected chi connectivity index (χ0v) is 16.6. The first-order valence-electron chi connectivity index (χ1n) is 10.1. The quantitative estimate of drug-likeness (QED) is 0.660. The molecule has 2 fully saturated rings. The van der Waals surface area contributed by atoms with Crippen molar-refractivity contribution in [1.29, 1.82) is 5.26 Å². The molecule has 3 N–H and O–H groups in total. The Hall–Kier alpha value is -2.34. The number of nitrogens with one attached hydrogen (secondary N) is 1. The van der Waals surface area contributed by atoms with Crippen molar-refractivity contribution in [2.24, 2.45) is 5.73 Å². The molecule has 2 saturated heterocycles. The Morgan fingerprint density at radius 1 is 1.45 bits per heavy atom. The SMILES string of the molecule is C[C@@H](NC1CC(C=O)N(CC(N)C(=O)N2CCC[C@H]2C#N)C1)c1ccc(F)cc1. The fourth-order valence-corrected chi connectivity index (χ4v) is 4.32. The Morgan fingerprint density at radius 2 is 2.17 bits per heavy atom. The lowest BCUT2D eigenvalue weighted by atomic mass is 10.1. The van der Waals surface area contributed by atoms with Gasteiger partial charge in [-0.05, 0) is 43.9 Å². The molecule has 5 atom stereocenters. The number of aldehydes is 1. The summed E-state index contributed by atoms with van der Waals surface area (Å²) in [5.41, 5.74) is 7.12. The van der Waals surface area contributed by atoms with Gasteiger partial charge in [-0.2, -0.15) is 5.26 Å². The summed E-state index contributed by atoms with van der Waals surface area (Å²) in [6.45, 7) is 3.43. The molecule has 29 heavy (non-hydrogen) atoms. The molecule has 156 valence electrons. The molecule has 0 saturated carbocycles. The second-order valence-electron chi connectivity index (χ2n) is 7.96. The van der Waals surface area contributed by atoms with Gasteiger partial charge in [-0.1, -0.05) is 12.1 Å². The molecular weight excluding hydrogens is 373 g/mol. The molecular formula is C21H28FN5O2. The number of nitriles is 1. The summed E-state index contributed by atoms with van der Waals surface area (Å²) >= 11 is 0. The fraction of sp³-hybridized carbons (Fsp3) is 0.571. The van der Waals surface area contributed by atoms with E-state index >= 15 is 0 Å². The second-order valence-corrected chi connectivity index (χ2v) is 7.96. The van der Waals surface area contributed by atoms with Crippen LogP contribution in [0.2, 0.25) is 0 Å². The predicted molar refractivity (Wildman–Crippen MR) is 106 cm³/mol. The molecule has 1 aromatic rings. The second kappa shape index (κ2) is 9.44. The van der Waals surface area contributed by atoms with E-state index in [9.17, 15) is 19.2 Å². The van der Waals surface area contributed by atoms with E-state index in [-0.39, 0.29) is 36.4 Å². The summed E-state index contributed by atoms with van der Waals surface area (Å²) in [7, 11) is 0. The summed E-state index contributed by atoms with van der Waals surface area (Å²) in [4.78, 5) is 27.7. The molecule has 0 spiro atoms. The van der Waals surface area contributed by atoms with Crippen molar-refractivity contribution in [2.75, 3.05) is 19.6 Å². The number of halogens is 1. The first-order valence-corrected chi connectivity index (χ1v) is 10.1. The van der Waals surface area contributed by atoms with Gasteiger partial charge in [-0.25, -0.2) is 4.39 Å². The van der Waals surface area contributed by atoms with E-state index < -0.39 is 12.1 Å². The maximum Gasteiger partial charge on any atom is 0.241 e. The molecule has 2 aliphatic rings. The van der Waals surface area contributed by atoms with Gasteiger partial charge in [0.2, 0.25) is 5.91 Å². The van der Waals surface area contributed by atoms with Gasteiger partial charge >= 0.3 is 0 Å².